The number of aliphatic hydroxyl groups is 1. The van der Waals surface area contributed by atoms with Crippen molar-refractivity contribution < 1.29 is 18.3 Å². The number of hydrogen-bond donors (Lipinski definition) is 2. The molecule has 1 aliphatic heterocycles. The summed E-state index contributed by atoms with van der Waals surface area (Å²) in [6.07, 6.45) is 1.49. The Hall–Kier alpha value is -1.45. The lowest BCUT2D eigenvalue weighted by Gasteiger charge is -2.23. The van der Waals surface area contributed by atoms with Gasteiger partial charge in [-0.15, -0.1) is 11.3 Å². The van der Waals surface area contributed by atoms with Gasteiger partial charge in [0.05, 0.1) is 10.9 Å². The number of nitrogens with zero attached hydrogens (tertiary/aromatic N) is 1. The van der Waals surface area contributed by atoms with Gasteiger partial charge in [0, 0.05) is 25.6 Å². The van der Waals surface area contributed by atoms with Gasteiger partial charge >= 0.3 is 0 Å². The minimum absolute atomic E-state index is 0.0932. The van der Waals surface area contributed by atoms with E-state index in [1.54, 1.807) is 12.1 Å². The van der Waals surface area contributed by atoms with Gasteiger partial charge in [0.1, 0.15) is 4.21 Å². The molecule has 2 N–H and O–H groups in total. The minimum Gasteiger partial charge on any atom is -0.392 e. The number of hydrogen-bond acceptors (Lipinski definition) is 5. The number of thiophene rings is 1. The van der Waals surface area contributed by atoms with Crippen molar-refractivity contribution in [3.8, 4) is 0 Å². The van der Waals surface area contributed by atoms with E-state index < -0.39 is 10.0 Å². The lowest BCUT2D eigenvalue weighted by molar-refractivity contribution is -0.122. The van der Waals surface area contributed by atoms with Crippen LogP contribution in [0.5, 0.6) is 0 Å². The van der Waals surface area contributed by atoms with Crippen molar-refractivity contribution in [1.82, 2.24) is 9.62 Å². The maximum atomic E-state index is 12.8. The maximum Gasteiger partial charge on any atom is 0.252 e. The molecule has 1 saturated heterocycles. The van der Waals surface area contributed by atoms with E-state index in [1.807, 2.05) is 18.2 Å². The van der Waals surface area contributed by atoms with Crippen LogP contribution in [-0.4, -0.2) is 36.3 Å². The first-order valence-corrected chi connectivity index (χ1v) is 11.3. The molecule has 3 rings (SSSR count). The quantitative estimate of drug-likeness (QED) is 0.709. The Morgan fingerprint density at radius 1 is 1.26 bits per heavy atom. The third kappa shape index (κ3) is 4.70. The second kappa shape index (κ2) is 8.70. The highest BCUT2D eigenvalue weighted by Gasteiger charge is 2.37. The first-order valence-electron chi connectivity index (χ1n) is 8.63. The summed E-state index contributed by atoms with van der Waals surface area (Å²) in [5.41, 5.74) is 1.61. The van der Waals surface area contributed by atoms with Crippen LogP contribution in [-0.2, 0) is 28.0 Å². The second-order valence-electron chi connectivity index (χ2n) is 6.38. The van der Waals surface area contributed by atoms with E-state index in [4.69, 9.17) is 11.6 Å². The molecule has 0 unspecified atom stereocenters. The SMILES string of the molecule is O=C(C[C@@H]1CCCN1S(=O)(=O)c1ccc(Cl)s1)NCc1ccccc1CO. The molecule has 0 aliphatic carbocycles. The third-order valence-corrected chi connectivity index (χ3v) is 8.27. The fourth-order valence-electron chi connectivity index (χ4n) is 3.25. The van der Waals surface area contributed by atoms with Gasteiger partial charge in [0.15, 0.2) is 0 Å². The molecule has 9 heteroatoms. The molecule has 2 heterocycles. The molecule has 1 aromatic heterocycles. The van der Waals surface area contributed by atoms with E-state index in [9.17, 15) is 18.3 Å². The van der Waals surface area contributed by atoms with Crippen LogP contribution in [0.15, 0.2) is 40.6 Å². The second-order valence-corrected chi connectivity index (χ2v) is 10.2. The number of carbonyl (C=O) groups excluding carboxylic acids is 1. The number of carbonyl (C=O) groups is 1. The van der Waals surface area contributed by atoms with Gasteiger partial charge in [-0.05, 0) is 36.1 Å². The molecular formula is C18H21ClN2O4S2. The maximum absolute atomic E-state index is 12.8. The van der Waals surface area contributed by atoms with Crippen molar-refractivity contribution in [3.05, 3.63) is 51.9 Å². The number of aliphatic hydroxyl groups excluding tert-OH is 1. The molecule has 1 atom stereocenters. The molecule has 0 bridgehead atoms. The molecule has 1 aliphatic rings. The fourth-order valence-corrected chi connectivity index (χ4v) is 6.55. The Labute approximate surface area is 167 Å². The Kier molecular flexibility index (Phi) is 6.54. The topological polar surface area (TPSA) is 86.7 Å². The van der Waals surface area contributed by atoms with Crippen molar-refractivity contribution >= 4 is 38.9 Å². The van der Waals surface area contributed by atoms with Crippen molar-refractivity contribution in [2.75, 3.05) is 6.54 Å². The van der Waals surface area contributed by atoms with Gasteiger partial charge in [0.25, 0.3) is 10.0 Å². The molecule has 0 radical (unpaired) electrons. The van der Waals surface area contributed by atoms with Crippen LogP contribution < -0.4 is 5.32 Å². The standard InChI is InChI=1S/C18H21ClN2O4S2/c19-16-7-8-18(26-16)27(24,25)21-9-3-6-15(21)10-17(23)20-11-13-4-1-2-5-14(13)12-22/h1-2,4-5,7-8,15,22H,3,6,9-12H2,(H,20,23)/t15-/m0/s1. The van der Waals surface area contributed by atoms with E-state index >= 15 is 0 Å². The van der Waals surface area contributed by atoms with Gasteiger partial charge < -0.3 is 10.4 Å². The average Bonchev–Trinajstić information content (AvgIpc) is 3.30. The van der Waals surface area contributed by atoms with E-state index in [0.29, 0.717) is 23.8 Å². The highest BCUT2D eigenvalue weighted by molar-refractivity contribution is 7.91. The molecular weight excluding hydrogens is 408 g/mol. The predicted molar refractivity (Wildman–Crippen MR) is 105 cm³/mol. The molecule has 1 amide bonds. The Morgan fingerprint density at radius 2 is 2.00 bits per heavy atom. The molecule has 2 aromatic rings. The normalized spacial score (nSPS) is 17.9. The molecule has 0 spiro atoms. The largest absolute Gasteiger partial charge is 0.392 e. The summed E-state index contributed by atoms with van der Waals surface area (Å²) in [6, 6.07) is 10.0. The van der Waals surface area contributed by atoms with Crippen LogP contribution >= 0.6 is 22.9 Å². The van der Waals surface area contributed by atoms with Crippen LogP contribution in [0.2, 0.25) is 4.34 Å². The van der Waals surface area contributed by atoms with Crippen LogP contribution in [0.1, 0.15) is 30.4 Å². The monoisotopic (exact) mass is 428 g/mol. The molecule has 0 saturated carbocycles. The average molecular weight is 429 g/mol. The fraction of sp³-hybridized carbons (Fsp3) is 0.389. The number of sulfonamides is 1. The van der Waals surface area contributed by atoms with Gasteiger partial charge in [-0.3, -0.25) is 4.79 Å². The van der Waals surface area contributed by atoms with E-state index in [-0.39, 0.29) is 29.2 Å². The van der Waals surface area contributed by atoms with Crippen LogP contribution in [0.4, 0.5) is 0 Å². The zero-order valence-electron chi connectivity index (χ0n) is 14.6. The van der Waals surface area contributed by atoms with E-state index in [0.717, 1.165) is 28.9 Å². The van der Waals surface area contributed by atoms with Crippen LogP contribution in [0.3, 0.4) is 0 Å². The number of nitrogens with one attached hydrogen (secondary N) is 1. The minimum atomic E-state index is -3.64. The van der Waals surface area contributed by atoms with E-state index in [1.165, 1.54) is 10.4 Å². The van der Waals surface area contributed by atoms with Gasteiger partial charge in [-0.1, -0.05) is 35.9 Å². The van der Waals surface area contributed by atoms with E-state index in [2.05, 4.69) is 5.32 Å². The summed E-state index contributed by atoms with van der Waals surface area (Å²) in [6.45, 7) is 0.614. The lowest BCUT2D eigenvalue weighted by atomic mass is 10.1. The number of rotatable bonds is 7. The Balaban J connectivity index is 1.63. The molecule has 1 aromatic carbocycles. The number of amides is 1. The summed E-state index contributed by atoms with van der Waals surface area (Å²) in [7, 11) is -3.64. The number of halogens is 1. The highest BCUT2D eigenvalue weighted by Crippen LogP contribution is 2.33. The smallest absolute Gasteiger partial charge is 0.252 e. The summed E-state index contributed by atoms with van der Waals surface area (Å²) in [5, 5.41) is 12.2. The summed E-state index contributed by atoms with van der Waals surface area (Å²) in [4.78, 5) is 12.4. The van der Waals surface area contributed by atoms with Gasteiger partial charge in [0.2, 0.25) is 5.91 Å². The molecule has 6 nitrogen and oxygen atoms in total. The summed E-state index contributed by atoms with van der Waals surface area (Å²) < 4.78 is 27.7. The van der Waals surface area contributed by atoms with Gasteiger partial charge in [-0.25, -0.2) is 8.42 Å². The van der Waals surface area contributed by atoms with Crippen molar-refractivity contribution in [3.63, 3.8) is 0 Å². The van der Waals surface area contributed by atoms with Crippen molar-refractivity contribution in [2.45, 2.75) is 42.7 Å². The first-order chi connectivity index (χ1) is 12.9. The third-order valence-electron chi connectivity index (χ3n) is 4.62. The predicted octanol–water partition coefficient (Wildman–Crippen LogP) is 2.75. The molecule has 146 valence electrons. The molecule has 27 heavy (non-hydrogen) atoms. The van der Waals surface area contributed by atoms with Crippen LogP contribution in [0.25, 0.3) is 0 Å². The van der Waals surface area contributed by atoms with Crippen molar-refractivity contribution in [2.24, 2.45) is 0 Å². The zero-order valence-corrected chi connectivity index (χ0v) is 17.0. The Bertz CT molecular complexity index is 914. The van der Waals surface area contributed by atoms with Crippen molar-refractivity contribution in [1.29, 1.82) is 0 Å². The highest BCUT2D eigenvalue weighted by atomic mass is 35.5. The summed E-state index contributed by atoms with van der Waals surface area (Å²) in [5.74, 6) is -0.209. The zero-order chi connectivity index (χ0) is 19.4. The first kappa shape index (κ1) is 20.3. The van der Waals surface area contributed by atoms with Gasteiger partial charge in [-0.2, -0.15) is 4.31 Å². The Morgan fingerprint density at radius 3 is 2.67 bits per heavy atom. The lowest BCUT2D eigenvalue weighted by Crippen LogP contribution is -2.38. The van der Waals surface area contributed by atoms with Crippen LogP contribution in [0, 0.1) is 0 Å². The molecule has 1 fully saturated rings. The number of benzene rings is 1. The summed E-state index contributed by atoms with van der Waals surface area (Å²) >= 11 is 6.90.